The van der Waals surface area contributed by atoms with E-state index in [-0.39, 0.29) is 0 Å². The van der Waals surface area contributed by atoms with E-state index in [0.717, 1.165) is 30.9 Å². The molecular weight excluding hydrogens is 304 g/mol. The largest absolute Gasteiger partial charge is 0.301 e. The average Bonchev–Trinajstić information content (AvgIpc) is 2.66. The van der Waals surface area contributed by atoms with Crippen LogP contribution < -0.4 is 0 Å². The van der Waals surface area contributed by atoms with Crippen molar-refractivity contribution in [3.8, 4) is 0 Å². The van der Waals surface area contributed by atoms with Crippen LogP contribution in [0.15, 0.2) is 16.3 Å². The van der Waals surface area contributed by atoms with Crippen LogP contribution in [0.25, 0.3) is 0 Å². The Labute approximate surface area is 124 Å². The van der Waals surface area contributed by atoms with Crippen LogP contribution in [0.1, 0.15) is 11.3 Å². The predicted molar refractivity (Wildman–Crippen MR) is 79.6 cm³/mol. The lowest BCUT2D eigenvalue weighted by molar-refractivity contribution is 0.303. The van der Waals surface area contributed by atoms with Crippen molar-refractivity contribution < 1.29 is 8.42 Å². The van der Waals surface area contributed by atoms with Crippen molar-refractivity contribution in [1.82, 2.24) is 9.21 Å². The normalized spacial score (nSPS) is 19.5. The van der Waals surface area contributed by atoms with Crippen molar-refractivity contribution in [3.63, 3.8) is 0 Å². The van der Waals surface area contributed by atoms with E-state index in [1.54, 1.807) is 10.4 Å². The van der Waals surface area contributed by atoms with E-state index < -0.39 is 10.0 Å². The molecule has 1 aromatic heterocycles. The Morgan fingerprint density at radius 3 is 2.68 bits per heavy atom. The fraction of sp³-hybridized carbons (Fsp3) is 0.667. The van der Waals surface area contributed by atoms with Crippen LogP contribution in [-0.2, 0) is 10.0 Å². The topological polar surface area (TPSA) is 40.6 Å². The molecule has 1 aliphatic rings. The van der Waals surface area contributed by atoms with Crippen LogP contribution in [0.3, 0.4) is 0 Å². The zero-order valence-corrected chi connectivity index (χ0v) is 13.4. The van der Waals surface area contributed by atoms with Gasteiger partial charge in [0.15, 0.2) is 0 Å². The first-order valence-corrected chi connectivity index (χ1v) is 9.18. The maximum atomic E-state index is 12.5. The van der Waals surface area contributed by atoms with E-state index in [4.69, 9.17) is 11.6 Å². The molecule has 19 heavy (non-hydrogen) atoms. The highest BCUT2D eigenvalue weighted by atomic mass is 35.5. The van der Waals surface area contributed by atoms with E-state index in [1.165, 1.54) is 11.3 Å². The molecule has 0 unspecified atom stereocenters. The Kier molecular flexibility index (Phi) is 5.25. The first-order chi connectivity index (χ1) is 9.04. The summed E-state index contributed by atoms with van der Waals surface area (Å²) < 4.78 is 27.1. The third kappa shape index (κ3) is 3.70. The zero-order chi connectivity index (χ0) is 13.9. The van der Waals surface area contributed by atoms with Gasteiger partial charge in [-0.3, -0.25) is 0 Å². The molecule has 0 aliphatic carbocycles. The number of rotatable bonds is 4. The highest BCUT2D eigenvalue weighted by Gasteiger charge is 2.27. The van der Waals surface area contributed by atoms with Crippen molar-refractivity contribution in [2.75, 3.05) is 38.6 Å². The second-order valence-corrected chi connectivity index (χ2v) is 8.48. The summed E-state index contributed by atoms with van der Waals surface area (Å²) in [4.78, 5) is 3.25. The van der Waals surface area contributed by atoms with E-state index in [0.29, 0.717) is 23.2 Å². The van der Waals surface area contributed by atoms with Gasteiger partial charge < -0.3 is 4.90 Å². The molecule has 1 saturated heterocycles. The maximum absolute atomic E-state index is 12.5. The molecule has 0 N–H and O–H groups in total. The summed E-state index contributed by atoms with van der Waals surface area (Å²) in [5.74, 6) is 0.594. The number of nitrogens with zero attached hydrogens (tertiary/aromatic N) is 2. The average molecular weight is 323 g/mol. The molecule has 0 amide bonds. The van der Waals surface area contributed by atoms with Crippen LogP contribution in [0.5, 0.6) is 0 Å². The molecule has 0 atom stereocenters. The minimum absolute atomic E-state index is 0.454. The molecule has 4 nitrogen and oxygen atoms in total. The third-order valence-electron chi connectivity index (χ3n) is 3.26. The first kappa shape index (κ1) is 15.3. The number of sulfonamides is 1. The molecule has 2 rings (SSSR count). The second-order valence-electron chi connectivity index (χ2n) is 4.65. The molecular formula is C12H19ClN2O2S2. The Balaban J connectivity index is 2.09. The summed E-state index contributed by atoms with van der Waals surface area (Å²) >= 11 is 7.08. The fourth-order valence-electron chi connectivity index (χ4n) is 2.21. The molecule has 7 heteroatoms. The minimum Gasteiger partial charge on any atom is -0.301 e. The smallest absolute Gasteiger partial charge is 0.252 e. The highest BCUT2D eigenvalue weighted by molar-refractivity contribution is 7.91. The van der Waals surface area contributed by atoms with Crippen LogP contribution in [0, 0.1) is 6.92 Å². The molecule has 0 radical (unpaired) electrons. The summed E-state index contributed by atoms with van der Waals surface area (Å²) in [5, 5.41) is 0. The number of hydrogen-bond donors (Lipinski definition) is 0. The Hall–Kier alpha value is -0.140. The molecule has 1 fully saturated rings. The Morgan fingerprint density at radius 2 is 2.05 bits per heavy atom. The number of aryl methyl sites for hydroxylation is 1. The lowest BCUT2D eigenvalue weighted by Gasteiger charge is -2.20. The zero-order valence-electron chi connectivity index (χ0n) is 11.0. The van der Waals surface area contributed by atoms with Crippen LogP contribution in [0.4, 0.5) is 0 Å². The quantitative estimate of drug-likeness (QED) is 0.796. The molecule has 0 bridgehead atoms. The second kappa shape index (κ2) is 6.54. The highest BCUT2D eigenvalue weighted by Crippen LogP contribution is 2.25. The van der Waals surface area contributed by atoms with Gasteiger partial charge in [0.25, 0.3) is 10.0 Å². The molecule has 0 aromatic carbocycles. The lowest BCUT2D eigenvalue weighted by atomic mass is 10.4. The molecule has 0 saturated carbocycles. The van der Waals surface area contributed by atoms with Gasteiger partial charge in [-0.1, -0.05) is 0 Å². The van der Waals surface area contributed by atoms with E-state index in [1.807, 2.05) is 13.0 Å². The Morgan fingerprint density at radius 1 is 1.26 bits per heavy atom. The van der Waals surface area contributed by atoms with Gasteiger partial charge in [0.2, 0.25) is 0 Å². The van der Waals surface area contributed by atoms with Crippen molar-refractivity contribution in [2.45, 2.75) is 17.6 Å². The maximum Gasteiger partial charge on any atom is 0.252 e. The van der Waals surface area contributed by atoms with Gasteiger partial charge in [-0.2, -0.15) is 4.31 Å². The van der Waals surface area contributed by atoms with E-state index in [9.17, 15) is 8.42 Å². The number of thiophene rings is 1. The number of halogens is 1. The van der Waals surface area contributed by atoms with Gasteiger partial charge in [0.1, 0.15) is 4.21 Å². The molecule has 0 spiro atoms. The van der Waals surface area contributed by atoms with Crippen LogP contribution in [0.2, 0.25) is 0 Å². The van der Waals surface area contributed by atoms with Gasteiger partial charge in [-0.05, 0) is 32.0 Å². The van der Waals surface area contributed by atoms with Crippen LogP contribution in [-0.4, -0.2) is 56.2 Å². The summed E-state index contributed by atoms with van der Waals surface area (Å²) in [6.45, 7) is 5.58. The van der Waals surface area contributed by atoms with Gasteiger partial charge in [-0.15, -0.1) is 22.9 Å². The van der Waals surface area contributed by atoms with Gasteiger partial charge >= 0.3 is 0 Å². The van der Waals surface area contributed by atoms with E-state index >= 15 is 0 Å². The molecule has 1 aliphatic heterocycles. The van der Waals surface area contributed by atoms with Crippen molar-refractivity contribution in [2.24, 2.45) is 0 Å². The minimum atomic E-state index is -3.31. The third-order valence-corrected chi connectivity index (χ3v) is 6.79. The lowest BCUT2D eigenvalue weighted by Crippen LogP contribution is -2.35. The summed E-state index contributed by atoms with van der Waals surface area (Å²) in [7, 11) is -3.31. The SMILES string of the molecule is Cc1ccc(S(=O)(=O)N2CCCN(CCCl)CC2)s1. The van der Waals surface area contributed by atoms with Crippen molar-refractivity contribution >= 4 is 33.0 Å². The number of hydrogen-bond acceptors (Lipinski definition) is 4. The van der Waals surface area contributed by atoms with Gasteiger partial charge in [0.05, 0.1) is 0 Å². The summed E-state index contributed by atoms with van der Waals surface area (Å²) in [5.41, 5.74) is 0. The van der Waals surface area contributed by atoms with Crippen molar-refractivity contribution in [3.05, 3.63) is 17.0 Å². The number of alkyl halides is 1. The molecule has 2 heterocycles. The summed E-state index contributed by atoms with van der Waals surface area (Å²) in [6, 6.07) is 3.56. The molecule has 1 aromatic rings. The summed E-state index contributed by atoms with van der Waals surface area (Å²) in [6.07, 6.45) is 0.862. The first-order valence-electron chi connectivity index (χ1n) is 6.39. The van der Waals surface area contributed by atoms with E-state index in [2.05, 4.69) is 4.90 Å². The van der Waals surface area contributed by atoms with Gasteiger partial charge in [-0.25, -0.2) is 8.42 Å². The Bertz CT molecular complexity index is 516. The fourth-order valence-corrected chi connectivity index (χ4v) is 5.36. The van der Waals surface area contributed by atoms with Crippen LogP contribution >= 0.6 is 22.9 Å². The molecule has 108 valence electrons. The van der Waals surface area contributed by atoms with Gasteiger partial charge in [0, 0.05) is 36.9 Å². The van der Waals surface area contributed by atoms with Crippen molar-refractivity contribution in [1.29, 1.82) is 0 Å². The predicted octanol–water partition coefficient (Wildman–Crippen LogP) is 1.99. The monoisotopic (exact) mass is 322 g/mol. The standard InChI is InChI=1S/C12H19ClN2O2S2/c1-11-3-4-12(18-11)19(16,17)15-7-2-6-14(8-5-13)9-10-15/h3-4H,2,5-10H2,1H3.